The van der Waals surface area contributed by atoms with Gasteiger partial charge in [-0.3, -0.25) is 9.69 Å². The molecule has 1 amide bonds. The summed E-state index contributed by atoms with van der Waals surface area (Å²) in [7, 11) is 5.21. The molecule has 1 N–H and O–H groups in total. The third-order valence-electron chi connectivity index (χ3n) is 4.27. The first-order valence-corrected chi connectivity index (χ1v) is 8.26. The van der Waals surface area contributed by atoms with Gasteiger partial charge in [0.05, 0.1) is 13.2 Å². The third-order valence-corrected chi connectivity index (χ3v) is 4.27. The van der Waals surface area contributed by atoms with Gasteiger partial charge in [-0.25, -0.2) is 4.39 Å². The third kappa shape index (κ3) is 3.70. The van der Waals surface area contributed by atoms with Gasteiger partial charge in [0.25, 0.3) is 5.91 Å². The number of nitrogens with one attached hydrogen (secondary N) is 1. The Morgan fingerprint density at radius 1 is 1.23 bits per heavy atom. The minimum atomic E-state index is -0.568. The number of ether oxygens (including phenoxy) is 1. The number of hydrogen-bond donors (Lipinski definition) is 1. The van der Waals surface area contributed by atoms with E-state index in [4.69, 9.17) is 9.15 Å². The summed E-state index contributed by atoms with van der Waals surface area (Å²) in [5.41, 5.74) is 1.04. The molecule has 0 radical (unpaired) electrons. The molecule has 1 atom stereocenters. The molecule has 0 unspecified atom stereocenters. The fraction of sp³-hybridized carbons (Fsp3) is 0.250. The topological polar surface area (TPSA) is 54.7 Å². The zero-order valence-electron chi connectivity index (χ0n) is 15.0. The van der Waals surface area contributed by atoms with E-state index in [0.717, 1.165) is 16.7 Å². The Morgan fingerprint density at radius 3 is 2.65 bits per heavy atom. The van der Waals surface area contributed by atoms with Crippen LogP contribution in [0.4, 0.5) is 4.39 Å². The molecule has 0 fully saturated rings. The molecule has 2 aromatic carbocycles. The minimum absolute atomic E-state index is 0.106. The number of amides is 1. The Labute approximate surface area is 151 Å². The van der Waals surface area contributed by atoms with Gasteiger partial charge in [-0.1, -0.05) is 18.2 Å². The Bertz CT molecular complexity index is 887. The number of furan rings is 1. The standard InChI is InChI=1S/C20H21FN2O3/c1-23(2)16(19-11-13-6-4-5-7-17(13)26-19)12-22-20(24)14-8-9-18(25-3)15(21)10-14/h4-11,16H,12H2,1-3H3,(H,22,24)/t16-/m1/s1. The van der Waals surface area contributed by atoms with E-state index < -0.39 is 5.82 Å². The molecule has 0 spiro atoms. The van der Waals surface area contributed by atoms with Gasteiger partial charge >= 0.3 is 0 Å². The van der Waals surface area contributed by atoms with E-state index in [2.05, 4.69) is 5.32 Å². The first-order valence-electron chi connectivity index (χ1n) is 8.26. The summed E-state index contributed by atoms with van der Waals surface area (Å²) in [5.74, 6) is -0.0523. The summed E-state index contributed by atoms with van der Waals surface area (Å²) in [4.78, 5) is 14.3. The van der Waals surface area contributed by atoms with Gasteiger partial charge in [-0.05, 0) is 44.4 Å². The van der Waals surface area contributed by atoms with Crippen molar-refractivity contribution in [1.29, 1.82) is 0 Å². The van der Waals surface area contributed by atoms with E-state index >= 15 is 0 Å². The second kappa shape index (κ2) is 7.58. The van der Waals surface area contributed by atoms with Gasteiger partial charge < -0.3 is 14.5 Å². The second-order valence-corrected chi connectivity index (χ2v) is 6.23. The van der Waals surface area contributed by atoms with Crippen LogP contribution in [0.15, 0.2) is 52.9 Å². The predicted octanol–water partition coefficient (Wildman–Crippen LogP) is 3.61. The molecular weight excluding hydrogens is 335 g/mol. The van der Waals surface area contributed by atoms with Crippen LogP contribution in [0, 0.1) is 5.82 Å². The summed E-state index contributed by atoms with van der Waals surface area (Å²) in [5, 5.41) is 3.85. The minimum Gasteiger partial charge on any atom is -0.494 e. The highest BCUT2D eigenvalue weighted by Crippen LogP contribution is 2.26. The maximum atomic E-state index is 13.8. The van der Waals surface area contributed by atoms with Crippen LogP contribution in [0.25, 0.3) is 11.0 Å². The average molecular weight is 356 g/mol. The van der Waals surface area contributed by atoms with Crippen LogP contribution >= 0.6 is 0 Å². The number of fused-ring (bicyclic) bond motifs is 1. The quantitative estimate of drug-likeness (QED) is 0.733. The van der Waals surface area contributed by atoms with Gasteiger partial charge in [0.2, 0.25) is 0 Å². The fourth-order valence-corrected chi connectivity index (χ4v) is 2.80. The molecule has 0 saturated carbocycles. The average Bonchev–Trinajstić information content (AvgIpc) is 3.04. The Hall–Kier alpha value is -2.86. The number of nitrogens with zero attached hydrogens (tertiary/aromatic N) is 1. The van der Waals surface area contributed by atoms with Crippen molar-refractivity contribution in [2.24, 2.45) is 0 Å². The monoisotopic (exact) mass is 356 g/mol. The molecule has 0 aliphatic rings. The molecule has 1 aromatic heterocycles. The van der Waals surface area contributed by atoms with Crippen molar-refractivity contribution in [3.8, 4) is 5.75 Å². The lowest BCUT2D eigenvalue weighted by molar-refractivity contribution is 0.0939. The van der Waals surface area contributed by atoms with Crippen LogP contribution < -0.4 is 10.1 Å². The molecule has 26 heavy (non-hydrogen) atoms. The van der Waals surface area contributed by atoms with Crippen molar-refractivity contribution in [3.05, 3.63) is 65.7 Å². The van der Waals surface area contributed by atoms with Crippen LogP contribution in [0.5, 0.6) is 5.75 Å². The number of para-hydroxylation sites is 1. The van der Waals surface area contributed by atoms with Gasteiger partial charge in [0.15, 0.2) is 11.6 Å². The van der Waals surface area contributed by atoms with Crippen molar-refractivity contribution >= 4 is 16.9 Å². The largest absolute Gasteiger partial charge is 0.494 e. The number of rotatable bonds is 6. The lowest BCUT2D eigenvalue weighted by Gasteiger charge is -2.22. The molecule has 0 bridgehead atoms. The van der Waals surface area contributed by atoms with Crippen LogP contribution in [0.3, 0.4) is 0 Å². The first kappa shape index (κ1) is 17.9. The lowest BCUT2D eigenvalue weighted by atomic mass is 10.1. The summed E-state index contributed by atoms with van der Waals surface area (Å²) in [6.07, 6.45) is 0. The normalized spacial score (nSPS) is 12.3. The van der Waals surface area contributed by atoms with Crippen LogP contribution in [0.1, 0.15) is 22.2 Å². The van der Waals surface area contributed by atoms with E-state index in [1.54, 1.807) is 0 Å². The zero-order chi connectivity index (χ0) is 18.7. The predicted molar refractivity (Wildman–Crippen MR) is 97.9 cm³/mol. The fourth-order valence-electron chi connectivity index (χ4n) is 2.80. The second-order valence-electron chi connectivity index (χ2n) is 6.23. The highest BCUT2D eigenvalue weighted by molar-refractivity contribution is 5.94. The van der Waals surface area contributed by atoms with Gasteiger partial charge in [0, 0.05) is 17.5 Å². The number of carbonyl (C=O) groups excluding carboxylic acids is 1. The van der Waals surface area contributed by atoms with E-state index in [0.29, 0.717) is 6.54 Å². The Kier molecular flexibility index (Phi) is 5.23. The number of benzene rings is 2. The number of hydrogen-bond acceptors (Lipinski definition) is 4. The van der Waals surface area contributed by atoms with E-state index in [1.165, 1.54) is 25.3 Å². The van der Waals surface area contributed by atoms with Crippen LogP contribution in [-0.2, 0) is 0 Å². The Morgan fingerprint density at radius 2 is 2.00 bits per heavy atom. The van der Waals surface area contributed by atoms with E-state index in [-0.39, 0.29) is 23.3 Å². The molecule has 0 saturated heterocycles. The molecule has 6 heteroatoms. The van der Waals surface area contributed by atoms with Crippen LogP contribution in [-0.4, -0.2) is 38.6 Å². The van der Waals surface area contributed by atoms with Gasteiger partial charge in [0.1, 0.15) is 11.3 Å². The van der Waals surface area contributed by atoms with Crippen molar-refractivity contribution in [2.45, 2.75) is 6.04 Å². The molecule has 1 heterocycles. The van der Waals surface area contributed by atoms with Gasteiger partial charge in [-0.2, -0.15) is 0 Å². The summed E-state index contributed by atoms with van der Waals surface area (Å²) in [6, 6.07) is 13.7. The zero-order valence-corrected chi connectivity index (χ0v) is 15.0. The number of halogens is 1. The first-order chi connectivity index (χ1) is 12.5. The highest BCUT2D eigenvalue weighted by Gasteiger charge is 2.20. The molecular formula is C20H21FN2O3. The molecule has 136 valence electrons. The SMILES string of the molecule is COc1ccc(C(=O)NC[C@H](c2cc3ccccc3o2)N(C)C)cc1F. The number of carbonyl (C=O) groups is 1. The van der Waals surface area contributed by atoms with Crippen molar-refractivity contribution in [3.63, 3.8) is 0 Å². The summed E-state index contributed by atoms with van der Waals surface area (Å²) in [6.45, 7) is 0.333. The summed E-state index contributed by atoms with van der Waals surface area (Å²) < 4.78 is 24.6. The van der Waals surface area contributed by atoms with Crippen molar-refractivity contribution in [2.75, 3.05) is 27.7 Å². The maximum absolute atomic E-state index is 13.8. The molecule has 3 rings (SSSR count). The lowest BCUT2D eigenvalue weighted by Crippen LogP contribution is -2.34. The van der Waals surface area contributed by atoms with Crippen molar-refractivity contribution in [1.82, 2.24) is 10.2 Å². The Balaban J connectivity index is 1.74. The van der Waals surface area contributed by atoms with Crippen molar-refractivity contribution < 1.29 is 18.3 Å². The van der Waals surface area contributed by atoms with E-state index in [1.807, 2.05) is 49.3 Å². The number of methoxy groups -OCH3 is 1. The van der Waals surface area contributed by atoms with Gasteiger partial charge in [-0.15, -0.1) is 0 Å². The molecule has 0 aliphatic heterocycles. The van der Waals surface area contributed by atoms with Crippen LogP contribution in [0.2, 0.25) is 0 Å². The number of likely N-dealkylation sites (N-methyl/N-ethyl adjacent to an activating group) is 1. The summed E-state index contributed by atoms with van der Waals surface area (Å²) >= 11 is 0. The molecule has 3 aromatic rings. The highest BCUT2D eigenvalue weighted by atomic mass is 19.1. The molecule has 5 nitrogen and oxygen atoms in total. The van der Waals surface area contributed by atoms with E-state index in [9.17, 15) is 9.18 Å². The smallest absolute Gasteiger partial charge is 0.251 e. The molecule has 0 aliphatic carbocycles. The maximum Gasteiger partial charge on any atom is 0.251 e.